The normalized spacial score (nSPS) is 15.3. The summed E-state index contributed by atoms with van der Waals surface area (Å²) in [6.07, 6.45) is 0. The van der Waals surface area contributed by atoms with Crippen LogP contribution in [0.15, 0.2) is 247 Å². The van der Waals surface area contributed by atoms with Gasteiger partial charge in [0.25, 0.3) is 0 Å². The molecule has 0 fully saturated rings. The summed E-state index contributed by atoms with van der Waals surface area (Å²) < 4.78 is 7.39. The molecule has 1 unspecified atom stereocenters. The minimum absolute atomic E-state index is 0.167. The number of para-hydroxylation sites is 3. The molecule has 0 bridgehead atoms. The molecular formula is C66H46N2O. The first-order chi connectivity index (χ1) is 34.0. The average molecular weight is 883 g/mol. The second kappa shape index (κ2) is 14.9. The maximum Gasteiger partial charge on any atom is 0.135 e. The van der Waals surface area contributed by atoms with Crippen molar-refractivity contribution in [1.82, 2.24) is 0 Å². The van der Waals surface area contributed by atoms with Gasteiger partial charge in [-0.1, -0.05) is 184 Å². The fourth-order valence-corrected chi connectivity index (χ4v) is 12.2. The van der Waals surface area contributed by atoms with Gasteiger partial charge in [-0.05, 0) is 134 Å². The molecule has 0 amide bonds. The summed E-state index contributed by atoms with van der Waals surface area (Å²) in [4.78, 5) is 4.90. The van der Waals surface area contributed by atoms with Crippen LogP contribution < -0.4 is 9.80 Å². The van der Waals surface area contributed by atoms with Crippen LogP contribution in [-0.2, 0) is 10.8 Å². The third-order valence-corrected chi connectivity index (χ3v) is 15.2. The van der Waals surface area contributed by atoms with Gasteiger partial charge in [-0.25, -0.2) is 0 Å². The van der Waals surface area contributed by atoms with E-state index in [1.165, 1.54) is 66.8 Å². The summed E-state index contributed by atoms with van der Waals surface area (Å²) in [5.41, 5.74) is 22.6. The molecule has 0 N–H and O–H groups in total. The van der Waals surface area contributed by atoms with Crippen LogP contribution >= 0.6 is 0 Å². The lowest BCUT2D eigenvalue weighted by Crippen LogP contribution is -2.28. The van der Waals surface area contributed by atoms with Gasteiger partial charge in [0.1, 0.15) is 16.8 Å². The van der Waals surface area contributed by atoms with Gasteiger partial charge < -0.3 is 14.2 Å². The monoisotopic (exact) mass is 882 g/mol. The molecule has 69 heavy (non-hydrogen) atoms. The van der Waals surface area contributed by atoms with Crippen LogP contribution in [0.1, 0.15) is 47.4 Å². The number of fused-ring (bicyclic) bond motifs is 15. The van der Waals surface area contributed by atoms with Crippen LogP contribution in [0.3, 0.4) is 0 Å². The lowest BCUT2D eigenvalue weighted by Gasteiger charge is -2.35. The largest absolute Gasteiger partial charge is 0.459 e. The molecule has 0 radical (unpaired) electrons. The summed E-state index contributed by atoms with van der Waals surface area (Å²) >= 11 is 0. The average Bonchev–Trinajstić information content (AvgIpc) is 4.10. The van der Waals surface area contributed by atoms with Crippen molar-refractivity contribution in [2.45, 2.75) is 24.7 Å². The molecule has 1 atom stereocenters. The van der Waals surface area contributed by atoms with E-state index in [2.05, 4.69) is 266 Å². The first-order valence-electron chi connectivity index (χ1n) is 24.0. The van der Waals surface area contributed by atoms with E-state index in [4.69, 9.17) is 4.42 Å². The van der Waals surface area contributed by atoms with Crippen molar-refractivity contribution in [2.75, 3.05) is 9.80 Å². The van der Waals surface area contributed by atoms with Crippen molar-refractivity contribution in [3.8, 4) is 44.5 Å². The van der Waals surface area contributed by atoms with Gasteiger partial charge in [0.05, 0.1) is 5.69 Å². The van der Waals surface area contributed by atoms with Crippen LogP contribution in [0.25, 0.3) is 55.5 Å². The van der Waals surface area contributed by atoms with E-state index < -0.39 is 5.41 Å². The number of anilines is 6. The van der Waals surface area contributed by atoms with Crippen LogP contribution in [0, 0.1) is 0 Å². The number of rotatable bonds is 7. The topological polar surface area (TPSA) is 19.6 Å². The van der Waals surface area contributed by atoms with Crippen molar-refractivity contribution >= 4 is 45.1 Å². The van der Waals surface area contributed by atoms with Gasteiger partial charge in [0, 0.05) is 50.4 Å². The van der Waals surface area contributed by atoms with Gasteiger partial charge in [0.2, 0.25) is 0 Å². The summed E-state index contributed by atoms with van der Waals surface area (Å²) in [5, 5.41) is 1.12. The highest BCUT2D eigenvalue weighted by Crippen LogP contribution is 2.67. The highest BCUT2D eigenvalue weighted by Gasteiger charge is 2.57. The first-order valence-corrected chi connectivity index (χ1v) is 24.0. The van der Waals surface area contributed by atoms with E-state index in [1.807, 2.05) is 0 Å². The third kappa shape index (κ3) is 5.62. The molecule has 14 rings (SSSR count). The Kier molecular flexibility index (Phi) is 8.54. The van der Waals surface area contributed by atoms with Crippen LogP contribution in [0.4, 0.5) is 34.1 Å². The highest BCUT2D eigenvalue weighted by molar-refractivity contribution is 6.07. The third-order valence-electron chi connectivity index (χ3n) is 15.2. The van der Waals surface area contributed by atoms with Gasteiger partial charge in [-0.3, -0.25) is 0 Å². The zero-order chi connectivity index (χ0) is 45.8. The van der Waals surface area contributed by atoms with Crippen molar-refractivity contribution in [3.05, 3.63) is 276 Å². The predicted molar refractivity (Wildman–Crippen MR) is 285 cm³/mol. The zero-order valence-electron chi connectivity index (χ0n) is 38.4. The Balaban J connectivity index is 1.05. The van der Waals surface area contributed by atoms with E-state index in [0.29, 0.717) is 0 Å². The molecule has 3 aliphatic carbocycles. The molecule has 11 aromatic rings. The Hall–Kier alpha value is -8.66. The van der Waals surface area contributed by atoms with Gasteiger partial charge in [0.15, 0.2) is 0 Å². The molecule has 326 valence electrons. The van der Waals surface area contributed by atoms with Gasteiger partial charge >= 0.3 is 0 Å². The van der Waals surface area contributed by atoms with Crippen molar-refractivity contribution in [3.63, 3.8) is 0 Å². The van der Waals surface area contributed by atoms with Crippen molar-refractivity contribution in [2.24, 2.45) is 0 Å². The fraction of sp³-hybridized carbons (Fsp3) is 0.0606. The standard InChI is InChI=1S/C66H46N2O/c1-65(2)56-29-15-12-25-50(56)52-39-37-48(41-58(52)65)67(47-35-33-44(34-36-47)43-19-6-3-7-20-43)49-38-40-54-59(42-49)66(64-62(54)55-27-14-17-32-61(55)69-64)57-30-16-13-26-51(57)53-28-18-31-60(63(53)66)68(45-21-8-4-9-22-45)46-23-10-5-11-24-46/h3-42H,1-2H3. The molecule has 0 aliphatic heterocycles. The van der Waals surface area contributed by atoms with Crippen molar-refractivity contribution < 1.29 is 4.42 Å². The molecule has 1 heterocycles. The number of hydrogen-bond donors (Lipinski definition) is 0. The Morgan fingerprint density at radius 3 is 1.57 bits per heavy atom. The maximum absolute atomic E-state index is 7.39. The fourth-order valence-electron chi connectivity index (χ4n) is 12.2. The molecule has 0 saturated heterocycles. The lowest BCUT2D eigenvalue weighted by molar-refractivity contribution is 0.507. The quantitative estimate of drug-likeness (QED) is 0.159. The molecular weight excluding hydrogens is 837 g/mol. The lowest BCUT2D eigenvalue weighted by atomic mass is 9.72. The molecule has 10 aromatic carbocycles. The molecule has 0 saturated carbocycles. The molecule has 1 aromatic heterocycles. The number of furan rings is 1. The van der Waals surface area contributed by atoms with Gasteiger partial charge in [-0.15, -0.1) is 0 Å². The summed E-state index contributed by atoms with van der Waals surface area (Å²) in [6.45, 7) is 4.73. The SMILES string of the molecule is CC1(C)c2ccccc2-c2ccc(N(c3ccc(-c4ccccc4)cc3)c3ccc4c(c3)C3(c5ccccc5-c5cccc(N(c6ccccc6)c6ccccc6)c53)c3oc5ccccc5c3-4)cc21. The second-order valence-corrected chi connectivity index (χ2v) is 19.2. The Morgan fingerprint density at radius 1 is 0.348 bits per heavy atom. The molecule has 3 aliphatic rings. The molecule has 3 heteroatoms. The maximum atomic E-state index is 7.39. The van der Waals surface area contributed by atoms with Crippen LogP contribution in [-0.4, -0.2) is 0 Å². The molecule has 3 nitrogen and oxygen atoms in total. The highest BCUT2D eigenvalue weighted by atomic mass is 16.3. The Bertz CT molecular complexity index is 3770. The van der Waals surface area contributed by atoms with Gasteiger partial charge in [-0.2, -0.15) is 0 Å². The van der Waals surface area contributed by atoms with E-state index >= 15 is 0 Å². The second-order valence-electron chi connectivity index (χ2n) is 19.2. The minimum atomic E-state index is -0.811. The summed E-state index contributed by atoms with van der Waals surface area (Å²) in [7, 11) is 0. The number of hydrogen-bond acceptors (Lipinski definition) is 3. The Morgan fingerprint density at radius 2 is 0.855 bits per heavy atom. The Labute approximate surface area is 402 Å². The van der Waals surface area contributed by atoms with E-state index in [9.17, 15) is 0 Å². The number of nitrogens with zero attached hydrogens (tertiary/aromatic N) is 2. The van der Waals surface area contributed by atoms with Crippen molar-refractivity contribution in [1.29, 1.82) is 0 Å². The number of benzene rings is 10. The summed E-state index contributed by atoms with van der Waals surface area (Å²) in [6, 6.07) is 89.0. The minimum Gasteiger partial charge on any atom is -0.459 e. The first kappa shape index (κ1) is 39.5. The molecule has 1 spiro atoms. The predicted octanol–water partition coefficient (Wildman–Crippen LogP) is 17.7. The van der Waals surface area contributed by atoms with E-state index in [-0.39, 0.29) is 5.41 Å². The van der Waals surface area contributed by atoms with E-state index in [0.717, 1.165) is 56.4 Å². The smallest absolute Gasteiger partial charge is 0.135 e. The zero-order valence-corrected chi connectivity index (χ0v) is 38.4. The van der Waals surface area contributed by atoms with Crippen LogP contribution in [0.5, 0.6) is 0 Å². The van der Waals surface area contributed by atoms with E-state index in [1.54, 1.807) is 0 Å². The van der Waals surface area contributed by atoms with Crippen LogP contribution in [0.2, 0.25) is 0 Å². The summed E-state index contributed by atoms with van der Waals surface area (Å²) in [5.74, 6) is 0.964.